The van der Waals surface area contributed by atoms with Crippen molar-refractivity contribution in [3.05, 3.63) is 10.8 Å². The number of hydrogen-bond acceptors (Lipinski definition) is 6. The summed E-state index contributed by atoms with van der Waals surface area (Å²) in [5.41, 5.74) is 16.8. The van der Waals surface area contributed by atoms with Gasteiger partial charge in [-0.1, -0.05) is 11.6 Å². The van der Waals surface area contributed by atoms with Gasteiger partial charge in [-0.25, -0.2) is 15.0 Å². The van der Waals surface area contributed by atoms with Gasteiger partial charge in [0.05, 0.1) is 20.1 Å². The standard InChI is InChI=1S/C13H21ClN8O/c1-3-22(2)5-4-7(6-22)18-13(17)21-12(23)8-10(15)20-11(16)9(14)19-8/h7H,3-6H2,1-2H3,(H6-,15,16,17,18,20,21,23)/p+1. The third kappa shape index (κ3) is 3.99. The number of carbonyl (C=O) groups is 1. The Labute approximate surface area is 139 Å². The summed E-state index contributed by atoms with van der Waals surface area (Å²) in [4.78, 5) is 24.1. The van der Waals surface area contributed by atoms with Gasteiger partial charge in [0.25, 0.3) is 5.91 Å². The monoisotopic (exact) mass is 341 g/mol. The zero-order chi connectivity index (χ0) is 17.2. The number of nitrogen functional groups attached to an aromatic ring is 2. The number of likely N-dealkylation sites (tertiary alicyclic amines) is 1. The molecule has 0 spiro atoms. The lowest BCUT2D eigenvalue weighted by molar-refractivity contribution is -0.896. The van der Waals surface area contributed by atoms with Gasteiger partial charge in [0.15, 0.2) is 28.4 Å². The van der Waals surface area contributed by atoms with E-state index in [-0.39, 0.29) is 34.5 Å². The second-order valence-corrected chi connectivity index (χ2v) is 6.24. The average Bonchev–Trinajstić information content (AvgIpc) is 2.84. The fourth-order valence-electron chi connectivity index (χ4n) is 2.56. The highest BCUT2D eigenvalue weighted by atomic mass is 35.5. The lowest BCUT2D eigenvalue weighted by atomic mass is 10.3. The second-order valence-electron chi connectivity index (χ2n) is 5.89. The van der Waals surface area contributed by atoms with Crippen LogP contribution in [0.2, 0.25) is 5.15 Å². The molecule has 7 N–H and O–H groups in total. The first-order valence-electron chi connectivity index (χ1n) is 7.30. The van der Waals surface area contributed by atoms with Crippen LogP contribution in [0, 0.1) is 0 Å². The Kier molecular flexibility index (Phi) is 4.90. The zero-order valence-corrected chi connectivity index (χ0v) is 14.0. The molecule has 9 nitrogen and oxygen atoms in total. The summed E-state index contributed by atoms with van der Waals surface area (Å²) >= 11 is 5.75. The van der Waals surface area contributed by atoms with E-state index in [0.717, 1.165) is 30.5 Å². The minimum absolute atomic E-state index is 0.0266. The largest absolute Gasteiger partial charge is 0.382 e. The number of carbonyl (C=O) groups excluding carboxylic acids is 1. The van der Waals surface area contributed by atoms with Crippen LogP contribution in [0.25, 0.3) is 0 Å². The summed E-state index contributed by atoms with van der Waals surface area (Å²) in [6.07, 6.45) is 0.927. The molecule has 1 fully saturated rings. The quantitative estimate of drug-likeness (QED) is 0.333. The molecule has 1 aliphatic heterocycles. The maximum Gasteiger partial charge on any atom is 0.280 e. The van der Waals surface area contributed by atoms with Crippen molar-refractivity contribution in [1.82, 2.24) is 15.3 Å². The van der Waals surface area contributed by atoms with Crippen molar-refractivity contribution in [1.29, 1.82) is 0 Å². The molecule has 2 rings (SSSR count). The van der Waals surface area contributed by atoms with Gasteiger partial charge in [-0.05, 0) is 6.92 Å². The summed E-state index contributed by atoms with van der Waals surface area (Å²) in [5.74, 6) is -0.749. The van der Waals surface area contributed by atoms with Crippen LogP contribution in [-0.4, -0.2) is 59.0 Å². The van der Waals surface area contributed by atoms with Crippen molar-refractivity contribution in [2.24, 2.45) is 10.7 Å². The number of quaternary nitrogens is 1. The van der Waals surface area contributed by atoms with Gasteiger partial charge in [-0.15, -0.1) is 0 Å². The molecule has 1 amide bonds. The van der Waals surface area contributed by atoms with E-state index >= 15 is 0 Å². The predicted molar refractivity (Wildman–Crippen MR) is 89.8 cm³/mol. The topological polar surface area (TPSA) is 145 Å². The summed E-state index contributed by atoms with van der Waals surface area (Å²) < 4.78 is 0.946. The number of nitrogens with zero attached hydrogens (tertiary/aromatic N) is 4. The van der Waals surface area contributed by atoms with E-state index < -0.39 is 5.91 Å². The number of aromatic nitrogens is 2. The van der Waals surface area contributed by atoms with Crippen LogP contribution in [0.15, 0.2) is 4.99 Å². The van der Waals surface area contributed by atoms with Crippen molar-refractivity contribution in [2.45, 2.75) is 19.4 Å². The predicted octanol–water partition coefficient (Wildman–Crippen LogP) is -0.422. The fourth-order valence-corrected chi connectivity index (χ4v) is 2.68. The highest BCUT2D eigenvalue weighted by molar-refractivity contribution is 6.31. The van der Waals surface area contributed by atoms with Crippen LogP contribution in [-0.2, 0) is 0 Å². The Morgan fingerprint density at radius 2 is 2.13 bits per heavy atom. The second kappa shape index (κ2) is 6.55. The normalized spacial score (nSPS) is 24.7. The Bertz CT molecular complexity index is 649. The van der Waals surface area contributed by atoms with E-state index in [4.69, 9.17) is 28.8 Å². The highest BCUT2D eigenvalue weighted by Gasteiger charge is 2.33. The van der Waals surface area contributed by atoms with Crippen LogP contribution in [0.1, 0.15) is 23.8 Å². The third-order valence-corrected chi connectivity index (χ3v) is 4.38. The fraction of sp³-hybridized carbons (Fsp3) is 0.538. The molecule has 1 saturated heterocycles. The number of aliphatic imine (C=N–C) groups is 1. The molecule has 23 heavy (non-hydrogen) atoms. The number of amides is 1. The zero-order valence-electron chi connectivity index (χ0n) is 13.2. The molecule has 1 aromatic rings. The van der Waals surface area contributed by atoms with E-state index in [1.807, 2.05) is 0 Å². The molecule has 0 radical (unpaired) electrons. The van der Waals surface area contributed by atoms with Gasteiger partial charge >= 0.3 is 0 Å². The molecule has 1 aliphatic rings. The van der Waals surface area contributed by atoms with E-state index in [1.54, 1.807) is 0 Å². The maximum atomic E-state index is 12.1. The summed E-state index contributed by atoms with van der Waals surface area (Å²) in [7, 11) is 2.18. The summed E-state index contributed by atoms with van der Waals surface area (Å²) in [6, 6.07) is 0.0821. The first kappa shape index (κ1) is 17.2. The molecule has 126 valence electrons. The molecule has 0 saturated carbocycles. The van der Waals surface area contributed by atoms with E-state index in [2.05, 4.69) is 34.2 Å². The molecule has 2 unspecified atom stereocenters. The van der Waals surface area contributed by atoms with E-state index in [1.165, 1.54) is 0 Å². The Morgan fingerprint density at radius 1 is 1.43 bits per heavy atom. The number of likely N-dealkylation sites (N-methyl/N-ethyl adjacent to an activating group) is 1. The maximum absolute atomic E-state index is 12.1. The smallest absolute Gasteiger partial charge is 0.280 e. The SMILES string of the molecule is CC[N+]1(C)CCC(N=C(N)NC(=O)c2nc(Cl)c(N)nc2N)C1. The third-order valence-electron chi connectivity index (χ3n) is 4.10. The van der Waals surface area contributed by atoms with Gasteiger partial charge in [-0.3, -0.25) is 10.1 Å². The van der Waals surface area contributed by atoms with Gasteiger partial charge < -0.3 is 21.7 Å². The van der Waals surface area contributed by atoms with Crippen molar-refractivity contribution in [3.8, 4) is 0 Å². The van der Waals surface area contributed by atoms with Crippen molar-refractivity contribution in [2.75, 3.05) is 38.1 Å². The highest BCUT2D eigenvalue weighted by Crippen LogP contribution is 2.19. The number of guanidine groups is 1. The molecule has 2 atom stereocenters. The Hall–Kier alpha value is -2.13. The van der Waals surface area contributed by atoms with Crippen LogP contribution in [0.5, 0.6) is 0 Å². The number of rotatable bonds is 3. The van der Waals surface area contributed by atoms with E-state index in [0.29, 0.717) is 0 Å². The number of hydrogen-bond donors (Lipinski definition) is 4. The molecule has 2 heterocycles. The van der Waals surface area contributed by atoms with Crippen LogP contribution in [0.3, 0.4) is 0 Å². The number of anilines is 2. The molecular formula is C13H22ClN8O+. The van der Waals surface area contributed by atoms with Crippen molar-refractivity contribution in [3.63, 3.8) is 0 Å². The minimum Gasteiger partial charge on any atom is -0.382 e. The lowest BCUT2D eigenvalue weighted by Gasteiger charge is -2.27. The molecule has 0 bridgehead atoms. The van der Waals surface area contributed by atoms with Gasteiger partial charge in [-0.2, -0.15) is 0 Å². The molecule has 0 aromatic carbocycles. The minimum atomic E-state index is -0.621. The molecule has 0 aliphatic carbocycles. The summed E-state index contributed by atoms with van der Waals surface area (Å²) in [6.45, 7) is 5.11. The van der Waals surface area contributed by atoms with Crippen LogP contribution < -0.4 is 22.5 Å². The van der Waals surface area contributed by atoms with Crippen molar-refractivity contribution < 1.29 is 9.28 Å². The molecule has 1 aromatic heterocycles. The number of halogens is 1. The molecule has 10 heteroatoms. The first-order chi connectivity index (χ1) is 10.7. The lowest BCUT2D eigenvalue weighted by Crippen LogP contribution is -2.42. The van der Waals surface area contributed by atoms with Gasteiger partial charge in [0.1, 0.15) is 12.6 Å². The van der Waals surface area contributed by atoms with Gasteiger partial charge in [0.2, 0.25) is 0 Å². The number of nitrogens with one attached hydrogen (secondary N) is 1. The first-order valence-corrected chi connectivity index (χ1v) is 7.68. The number of nitrogens with two attached hydrogens (primary N) is 3. The van der Waals surface area contributed by atoms with Crippen LogP contribution >= 0.6 is 11.6 Å². The molecular weight excluding hydrogens is 320 g/mol. The van der Waals surface area contributed by atoms with Crippen LogP contribution in [0.4, 0.5) is 11.6 Å². The average molecular weight is 342 g/mol. The Morgan fingerprint density at radius 3 is 2.74 bits per heavy atom. The van der Waals surface area contributed by atoms with E-state index in [9.17, 15) is 4.79 Å². The Balaban J connectivity index is 2.06. The van der Waals surface area contributed by atoms with Crippen molar-refractivity contribution >= 4 is 35.1 Å². The summed E-state index contributed by atoms with van der Waals surface area (Å²) in [5, 5.41) is 2.36. The van der Waals surface area contributed by atoms with Gasteiger partial charge in [0, 0.05) is 6.42 Å².